The van der Waals surface area contributed by atoms with E-state index in [1.165, 1.54) is 6.33 Å². The Morgan fingerprint density at radius 2 is 2.11 bits per heavy atom. The lowest BCUT2D eigenvalue weighted by Gasteiger charge is -2.30. The van der Waals surface area contributed by atoms with Gasteiger partial charge in [-0.25, -0.2) is 9.97 Å². The van der Waals surface area contributed by atoms with Crippen molar-refractivity contribution in [2.45, 2.75) is 33.6 Å². The molecule has 0 bridgehead atoms. The fraction of sp³-hybridized carbons (Fsp3) is 0.318. The van der Waals surface area contributed by atoms with Gasteiger partial charge in [0.25, 0.3) is 0 Å². The number of Topliss-reactive ketones (excluding diaryl/α,β-unsaturated/α-hetero) is 1. The lowest BCUT2D eigenvalue weighted by molar-refractivity contribution is 0.0910. The van der Waals surface area contributed by atoms with Crippen molar-refractivity contribution in [2.75, 3.05) is 12.3 Å². The molecule has 0 saturated heterocycles. The van der Waals surface area contributed by atoms with Crippen LogP contribution in [0.3, 0.4) is 0 Å². The standard InChI is InChI=1S/C22H22N4O2/c1-5-8-28-20-15(7-6-14-19(20)24-12-25-21(14)23)26-11-13(2)18-16(26)9-22(3,4)10-17(18)27/h1,6-7,11-12H,8-10H2,2-4H3,(H2,23,24,25). The maximum absolute atomic E-state index is 12.8. The van der Waals surface area contributed by atoms with Crippen LogP contribution in [0.15, 0.2) is 24.7 Å². The van der Waals surface area contributed by atoms with Crippen molar-refractivity contribution < 1.29 is 9.53 Å². The zero-order valence-corrected chi connectivity index (χ0v) is 16.2. The van der Waals surface area contributed by atoms with Gasteiger partial charge in [-0.3, -0.25) is 4.79 Å². The quantitative estimate of drug-likeness (QED) is 0.710. The topological polar surface area (TPSA) is 83.0 Å². The summed E-state index contributed by atoms with van der Waals surface area (Å²) in [6.07, 6.45) is 10.2. The predicted molar refractivity (Wildman–Crippen MR) is 109 cm³/mol. The normalized spacial score (nSPS) is 15.3. The van der Waals surface area contributed by atoms with Gasteiger partial charge >= 0.3 is 0 Å². The smallest absolute Gasteiger partial charge is 0.171 e. The number of ether oxygens (including phenoxy) is 1. The molecule has 28 heavy (non-hydrogen) atoms. The zero-order valence-electron chi connectivity index (χ0n) is 16.2. The van der Waals surface area contributed by atoms with E-state index < -0.39 is 0 Å². The zero-order chi connectivity index (χ0) is 20.1. The van der Waals surface area contributed by atoms with Crippen LogP contribution in [0, 0.1) is 24.7 Å². The minimum atomic E-state index is -0.101. The van der Waals surface area contributed by atoms with Crippen LogP contribution in [0.2, 0.25) is 0 Å². The monoisotopic (exact) mass is 374 g/mol. The summed E-state index contributed by atoms with van der Waals surface area (Å²) >= 11 is 0. The maximum Gasteiger partial charge on any atom is 0.171 e. The first-order valence-corrected chi connectivity index (χ1v) is 9.16. The van der Waals surface area contributed by atoms with Gasteiger partial charge in [0.1, 0.15) is 24.3 Å². The molecule has 0 atom stereocenters. The summed E-state index contributed by atoms with van der Waals surface area (Å²) in [5.74, 6) is 3.60. The highest BCUT2D eigenvalue weighted by Crippen LogP contribution is 2.40. The van der Waals surface area contributed by atoms with E-state index in [4.69, 9.17) is 16.9 Å². The minimum absolute atomic E-state index is 0.100. The van der Waals surface area contributed by atoms with E-state index in [0.29, 0.717) is 28.9 Å². The van der Waals surface area contributed by atoms with Crippen molar-refractivity contribution in [3.63, 3.8) is 0 Å². The Labute approximate surface area is 163 Å². The summed E-state index contributed by atoms with van der Waals surface area (Å²) in [7, 11) is 0. The Morgan fingerprint density at radius 1 is 1.32 bits per heavy atom. The molecule has 1 aliphatic rings. The van der Waals surface area contributed by atoms with Gasteiger partial charge < -0.3 is 15.0 Å². The number of hydrogen-bond acceptors (Lipinski definition) is 5. The van der Waals surface area contributed by atoms with Crippen LogP contribution in [0.5, 0.6) is 5.75 Å². The van der Waals surface area contributed by atoms with E-state index >= 15 is 0 Å². The average Bonchev–Trinajstić information content (AvgIpc) is 2.95. The van der Waals surface area contributed by atoms with Crippen molar-refractivity contribution >= 4 is 22.5 Å². The van der Waals surface area contributed by atoms with Crippen molar-refractivity contribution in [3.8, 4) is 23.8 Å². The first-order valence-electron chi connectivity index (χ1n) is 9.16. The number of ketones is 1. The van der Waals surface area contributed by atoms with Crippen molar-refractivity contribution in [3.05, 3.63) is 41.5 Å². The summed E-state index contributed by atoms with van der Waals surface area (Å²) in [5.41, 5.74) is 10.1. The fourth-order valence-electron chi connectivity index (χ4n) is 4.05. The van der Waals surface area contributed by atoms with E-state index in [2.05, 4.69) is 29.7 Å². The number of benzene rings is 1. The molecule has 0 spiro atoms. The maximum atomic E-state index is 12.8. The lowest BCUT2D eigenvalue weighted by atomic mass is 9.75. The average molecular weight is 374 g/mol. The molecule has 0 aliphatic heterocycles. The van der Waals surface area contributed by atoms with E-state index in [1.807, 2.05) is 29.8 Å². The molecule has 142 valence electrons. The number of hydrogen-bond donors (Lipinski definition) is 1. The van der Waals surface area contributed by atoms with Crippen molar-refractivity contribution in [2.24, 2.45) is 5.41 Å². The number of carbonyl (C=O) groups is 1. The molecule has 2 heterocycles. The van der Waals surface area contributed by atoms with E-state index in [-0.39, 0.29) is 17.8 Å². The van der Waals surface area contributed by atoms with Crippen molar-refractivity contribution in [1.82, 2.24) is 14.5 Å². The number of nitrogen functional groups attached to an aromatic ring is 1. The summed E-state index contributed by atoms with van der Waals surface area (Å²) in [6, 6.07) is 3.79. The van der Waals surface area contributed by atoms with Gasteiger partial charge in [0.2, 0.25) is 0 Å². The number of rotatable bonds is 3. The summed E-state index contributed by atoms with van der Waals surface area (Å²) < 4.78 is 7.94. The Bertz CT molecular complexity index is 1150. The number of nitrogens with zero attached hydrogens (tertiary/aromatic N) is 3. The second kappa shape index (κ2) is 6.38. The third-order valence-corrected chi connectivity index (χ3v) is 5.19. The van der Waals surface area contributed by atoms with Gasteiger partial charge in [-0.1, -0.05) is 19.8 Å². The van der Waals surface area contributed by atoms with Crippen molar-refractivity contribution in [1.29, 1.82) is 0 Å². The first kappa shape index (κ1) is 18.1. The second-order valence-corrected chi connectivity index (χ2v) is 8.01. The number of carbonyl (C=O) groups excluding carboxylic acids is 1. The Balaban J connectivity index is 2.00. The van der Waals surface area contributed by atoms with E-state index in [0.717, 1.165) is 28.9 Å². The number of anilines is 1. The molecular weight excluding hydrogens is 352 g/mol. The largest absolute Gasteiger partial charge is 0.476 e. The fourth-order valence-corrected chi connectivity index (χ4v) is 4.05. The Hall–Kier alpha value is -3.33. The Kier molecular flexibility index (Phi) is 4.11. The second-order valence-electron chi connectivity index (χ2n) is 8.01. The number of aryl methyl sites for hydroxylation is 1. The highest BCUT2D eigenvalue weighted by Gasteiger charge is 2.35. The lowest BCUT2D eigenvalue weighted by Crippen LogP contribution is -2.28. The predicted octanol–water partition coefficient (Wildman–Crippen LogP) is 3.48. The van der Waals surface area contributed by atoms with Crippen LogP contribution in [-0.4, -0.2) is 26.9 Å². The number of fused-ring (bicyclic) bond motifs is 2. The van der Waals surface area contributed by atoms with Gasteiger partial charge in [0.05, 0.1) is 5.69 Å². The summed E-state index contributed by atoms with van der Waals surface area (Å²) in [5, 5.41) is 0.701. The van der Waals surface area contributed by atoms with Crippen LogP contribution in [-0.2, 0) is 6.42 Å². The van der Waals surface area contributed by atoms with E-state index in [1.54, 1.807) is 0 Å². The first-order chi connectivity index (χ1) is 13.3. The van der Waals surface area contributed by atoms with Crippen LogP contribution in [0.25, 0.3) is 16.6 Å². The van der Waals surface area contributed by atoms with Gasteiger partial charge in [0.15, 0.2) is 11.5 Å². The Morgan fingerprint density at radius 3 is 2.86 bits per heavy atom. The molecule has 0 unspecified atom stereocenters. The molecule has 3 aromatic rings. The summed E-state index contributed by atoms with van der Waals surface area (Å²) in [4.78, 5) is 21.2. The summed E-state index contributed by atoms with van der Waals surface area (Å²) in [6.45, 7) is 6.30. The number of nitrogens with two attached hydrogens (primary N) is 1. The third kappa shape index (κ3) is 2.80. The molecule has 6 heteroatoms. The molecule has 4 rings (SSSR count). The molecule has 0 amide bonds. The van der Waals surface area contributed by atoms with Crippen LogP contribution < -0.4 is 10.5 Å². The number of terminal acetylenes is 1. The van der Waals surface area contributed by atoms with E-state index in [9.17, 15) is 4.79 Å². The van der Waals surface area contributed by atoms with Gasteiger partial charge in [-0.05, 0) is 36.5 Å². The molecule has 1 aromatic carbocycles. The third-order valence-electron chi connectivity index (χ3n) is 5.19. The van der Waals surface area contributed by atoms with Gasteiger partial charge in [-0.15, -0.1) is 6.42 Å². The van der Waals surface area contributed by atoms with Gasteiger partial charge in [0, 0.05) is 29.3 Å². The number of aromatic nitrogens is 3. The molecule has 2 aromatic heterocycles. The molecular formula is C22H22N4O2. The highest BCUT2D eigenvalue weighted by molar-refractivity contribution is 6.01. The molecule has 2 N–H and O–H groups in total. The minimum Gasteiger partial charge on any atom is -0.476 e. The van der Waals surface area contributed by atoms with Crippen LogP contribution in [0.4, 0.5) is 5.82 Å². The molecule has 1 aliphatic carbocycles. The SMILES string of the molecule is C#CCOc1c(-n2cc(C)c3c2CC(C)(C)CC3=O)ccc2c(N)ncnc12. The molecule has 6 nitrogen and oxygen atoms in total. The van der Waals surface area contributed by atoms with Crippen LogP contribution in [0.1, 0.15) is 41.9 Å². The van der Waals surface area contributed by atoms with Crippen LogP contribution >= 0.6 is 0 Å². The highest BCUT2D eigenvalue weighted by atomic mass is 16.5. The van der Waals surface area contributed by atoms with Gasteiger partial charge in [-0.2, -0.15) is 0 Å². The molecule has 0 saturated carbocycles. The molecule has 0 radical (unpaired) electrons. The molecule has 0 fully saturated rings.